The van der Waals surface area contributed by atoms with Crippen molar-refractivity contribution in [1.29, 1.82) is 0 Å². The minimum Gasteiger partial charge on any atom is -0.375 e. The Hall–Kier alpha value is -1.10. The molecule has 0 aliphatic carbocycles. The maximum absolute atomic E-state index is 12.5. The van der Waals surface area contributed by atoms with E-state index in [0.717, 1.165) is 16.6 Å². The molecule has 3 aromatic rings. The van der Waals surface area contributed by atoms with Crippen LogP contribution in [-0.4, -0.2) is 30.8 Å². The molecule has 1 N–H and O–H groups in total. The predicted octanol–water partition coefficient (Wildman–Crippen LogP) is 3.07. The quantitative estimate of drug-likeness (QED) is 0.700. The molecule has 3 rings (SSSR count). The van der Waals surface area contributed by atoms with Crippen LogP contribution in [0.1, 0.15) is 11.0 Å². The summed E-state index contributed by atoms with van der Waals surface area (Å²) in [5.41, 5.74) is 0.935. The number of methoxy groups -OCH3 is 1. The summed E-state index contributed by atoms with van der Waals surface area (Å²) >= 11 is 8.25. The SMILES string of the molecule is COC(CNS(=O)(=O)c1cccc2nsnc12)c1ccc(Cl)s1. The number of nitrogens with one attached hydrogen (secondary N) is 1. The van der Waals surface area contributed by atoms with Crippen LogP contribution in [-0.2, 0) is 14.8 Å². The highest BCUT2D eigenvalue weighted by Gasteiger charge is 2.22. The van der Waals surface area contributed by atoms with Crippen LogP contribution in [0, 0.1) is 0 Å². The Labute approximate surface area is 146 Å². The Bertz CT molecular complexity index is 923. The van der Waals surface area contributed by atoms with E-state index in [1.807, 2.05) is 6.07 Å². The molecule has 0 radical (unpaired) electrons. The molecule has 2 heterocycles. The fourth-order valence-corrected chi connectivity index (χ4v) is 5.00. The second-order valence-corrected chi connectivity index (χ2v) is 8.62. The van der Waals surface area contributed by atoms with Gasteiger partial charge in [-0.25, -0.2) is 13.1 Å². The van der Waals surface area contributed by atoms with E-state index in [2.05, 4.69) is 13.5 Å². The van der Waals surface area contributed by atoms with E-state index < -0.39 is 16.1 Å². The lowest BCUT2D eigenvalue weighted by molar-refractivity contribution is 0.110. The molecule has 1 unspecified atom stereocenters. The number of hydrogen-bond donors (Lipinski definition) is 1. The van der Waals surface area contributed by atoms with E-state index in [0.29, 0.717) is 15.4 Å². The summed E-state index contributed by atoms with van der Waals surface area (Å²) in [6.07, 6.45) is -0.407. The van der Waals surface area contributed by atoms with Gasteiger partial charge in [-0.05, 0) is 24.3 Å². The van der Waals surface area contributed by atoms with Gasteiger partial charge in [0.25, 0.3) is 0 Å². The summed E-state index contributed by atoms with van der Waals surface area (Å²) in [5, 5.41) is 0. The van der Waals surface area contributed by atoms with Gasteiger partial charge >= 0.3 is 0 Å². The number of ether oxygens (including phenoxy) is 1. The van der Waals surface area contributed by atoms with Crippen molar-refractivity contribution >= 4 is 55.7 Å². The number of thiophene rings is 1. The standard InChI is InChI=1S/C13H12ClN3O3S3/c1-20-9(10-5-6-12(14)21-10)7-15-23(18,19)11-4-2-3-8-13(11)17-22-16-8/h2-6,9,15H,7H2,1H3. The number of aromatic nitrogens is 2. The Balaban J connectivity index is 1.82. The molecular formula is C13H12ClN3O3S3. The molecule has 6 nitrogen and oxygen atoms in total. The molecule has 2 aromatic heterocycles. The lowest BCUT2D eigenvalue weighted by Gasteiger charge is -2.15. The molecular weight excluding hydrogens is 378 g/mol. The molecule has 10 heteroatoms. The smallest absolute Gasteiger partial charge is 0.242 e. The van der Waals surface area contributed by atoms with Gasteiger partial charge in [0.15, 0.2) is 0 Å². The first-order valence-electron chi connectivity index (χ1n) is 6.50. The molecule has 1 aromatic carbocycles. The second-order valence-electron chi connectivity index (χ2n) is 4.61. The van der Waals surface area contributed by atoms with Crippen molar-refractivity contribution in [1.82, 2.24) is 13.5 Å². The summed E-state index contributed by atoms with van der Waals surface area (Å²) in [6, 6.07) is 8.45. The molecule has 122 valence electrons. The van der Waals surface area contributed by atoms with Crippen LogP contribution in [0.5, 0.6) is 0 Å². The number of nitrogens with zero attached hydrogens (tertiary/aromatic N) is 2. The first kappa shape index (κ1) is 16.7. The average Bonchev–Trinajstić information content (AvgIpc) is 3.16. The first-order chi connectivity index (χ1) is 11.0. The number of fused-ring (bicyclic) bond motifs is 1. The highest BCUT2D eigenvalue weighted by Crippen LogP contribution is 2.29. The summed E-state index contributed by atoms with van der Waals surface area (Å²) in [4.78, 5) is 0.969. The van der Waals surface area contributed by atoms with Crippen molar-refractivity contribution < 1.29 is 13.2 Å². The third-order valence-electron chi connectivity index (χ3n) is 3.19. The number of halogens is 1. The summed E-state index contributed by atoms with van der Waals surface area (Å²) < 4.78 is 41.8. The minimum absolute atomic E-state index is 0.101. The van der Waals surface area contributed by atoms with E-state index in [-0.39, 0.29) is 11.4 Å². The van der Waals surface area contributed by atoms with Crippen LogP contribution < -0.4 is 4.72 Å². The maximum atomic E-state index is 12.5. The molecule has 0 fully saturated rings. The first-order valence-corrected chi connectivity index (χ1v) is 9.91. The minimum atomic E-state index is -3.72. The zero-order valence-corrected chi connectivity index (χ0v) is 15.1. The Morgan fingerprint density at radius 1 is 1.30 bits per heavy atom. The zero-order chi connectivity index (χ0) is 16.4. The number of sulfonamides is 1. The summed E-state index contributed by atoms with van der Waals surface area (Å²) in [7, 11) is -2.19. The van der Waals surface area contributed by atoms with Crippen molar-refractivity contribution in [2.24, 2.45) is 0 Å². The molecule has 0 aliphatic heterocycles. The molecule has 0 spiro atoms. The number of hydrogen-bond acceptors (Lipinski definition) is 7. The van der Waals surface area contributed by atoms with Crippen molar-refractivity contribution in [2.75, 3.05) is 13.7 Å². The van der Waals surface area contributed by atoms with Crippen LogP contribution >= 0.6 is 34.7 Å². The fraction of sp³-hybridized carbons (Fsp3) is 0.231. The predicted molar refractivity (Wildman–Crippen MR) is 91.7 cm³/mol. The highest BCUT2D eigenvalue weighted by molar-refractivity contribution is 7.89. The number of benzene rings is 1. The van der Waals surface area contributed by atoms with Crippen molar-refractivity contribution in [3.05, 3.63) is 39.5 Å². The van der Waals surface area contributed by atoms with E-state index in [4.69, 9.17) is 16.3 Å². The summed E-state index contributed by atoms with van der Waals surface area (Å²) in [5.74, 6) is 0. The van der Waals surface area contributed by atoms with Gasteiger partial charge in [0.2, 0.25) is 10.0 Å². The monoisotopic (exact) mass is 389 g/mol. The Morgan fingerprint density at radius 2 is 2.13 bits per heavy atom. The lowest BCUT2D eigenvalue weighted by atomic mass is 10.3. The van der Waals surface area contributed by atoms with E-state index in [9.17, 15) is 8.42 Å². The normalized spacial score (nSPS) is 13.5. The van der Waals surface area contributed by atoms with Crippen LogP contribution in [0.25, 0.3) is 11.0 Å². The third-order valence-corrected chi connectivity index (χ3v) is 6.51. The van der Waals surface area contributed by atoms with Gasteiger partial charge in [-0.1, -0.05) is 17.7 Å². The van der Waals surface area contributed by atoms with E-state index >= 15 is 0 Å². The van der Waals surface area contributed by atoms with Gasteiger partial charge in [-0.3, -0.25) is 0 Å². The maximum Gasteiger partial charge on any atom is 0.242 e. The fourth-order valence-electron chi connectivity index (χ4n) is 2.06. The summed E-state index contributed by atoms with van der Waals surface area (Å²) in [6.45, 7) is 0.101. The van der Waals surface area contributed by atoms with Gasteiger partial charge in [0.1, 0.15) is 22.0 Å². The molecule has 0 saturated heterocycles. The average molecular weight is 390 g/mol. The second kappa shape index (κ2) is 6.80. The van der Waals surface area contributed by atoms with Gasteiger partial charge in [0, 0.05) is 18.5 Å². The lowest BCUT2D eigenvalue weighted by Crippen LogP contribution is -2.29. The topological polar surface area (TPSA) is 81.2 Å². The van der Waals surface area contributed by atoms with Gasteiger partial charge in [-0.15, -0.1) is 11.3 Å². The Morgan fingerprint density at radius 3 is 2.83 bits per heavy atom. The molecule has 0 bridgehead atoms. The molecule has 1 atom stereocenters. The van der Waals surface area contributed by atoms with E-state index in [1.54, 1.807) is 18.2 Å². The van der Waals surface area contributed by atoms with Crippen molar-refractivity contribution in [2.45, 2.75) is 11.0 Å². The van der Waals surface area contributed by atoms with Crippen LogP contribution in [0.15, 0.2) is 35.2 Å². The van der Waals surface area contributed by atoms with Gasteiger partial charge in [-0.2, -0.15) is 8.75 Å². The van der Waals surface area contributed by atoms with Crippen LogP contribution in [0.3, 0.4) is 0 Å². The van der Waals surface area contributed by atoms with E-state index in [1.165, 1.54) is 24.5 Å². The van der Waals surface area contributed by atoms with Crippen molar-refractivity contribution in [3.63, 3.8) is 0 Å². The Kier molecular flexibility index (Phi) is 4.95. The van der Waals surface area contributed by atoms with Gasteiger partial charge in [0.05, 0.1) is 16.1 Å². The number of rotatable bonds is 6. The highest BCUT2D eigenvalue weighted by atomic mass is 35.5. The zero-order valence-electron chi connectivity index (χ0n) is 11.9. The largest absolute Gasteiger partial charge is 0.375 e. The van der Waals surface area contributed by atoms with Gasteiger partial charge < -0.3 is 4.74 Å². The molecule has 0 aliphatic rings. The van der Waals surface area contributed by atoms with Crippen LogP contribution in [0.4, 0.5) is 0 Å². The van der Waals surface area contributed by atoms with Crippen LogP contribution in [0.2, 0.25) is 4.34 Å². The molecule has 23 heavy (non-hydrogen) atoms. The molecule has 0 amide bonds. The van der Waals surface area contributed by atoms with Crippen molar-refractivity contribution in [3.8, 4) is 0 Å². The molecule has 0 saturated carbocycles. The third kappa shape index (κ3) is 3.54.